The molecular weight excluding hydrogens is 313 g/mol. The van der Waals surface area contributed by atoms with Crippen molar-refractivity contribution < 1.29 is 22.4 Å². The van der Waals surface area contributed by atoms with E-state index in [1.165, 1.54) is 24.3 Å². The molecule has 2 rings (SSSR count). The van der Waals surface area contributed by atoms with Crippen molar-refractivity contribution in [3.63, 3.8) is 0 Å². The van der Waals surface area contributed by atoms with Crippen LogP contribution in [-0.4, -0.2) is 5.78 Å². The standard InChI is InChI=1S/C12H6BrF3O2/c13-10-5-4-9(18-10)11(17)7-2-1-3-8(6-7)12(14,15)16/h1-6H. The van der Waals surface area contributed by atoms with Gasteiger partial charge in [0.2, 0.25) is 5.78 Å². The number of ketones is 1. The molecule has 94 valence electrons. The van der Waals surface area contributed by atoms with Crippen molar-refractivity contribution in [3.05, 3.63) is 58.0 Å². The van der Waals surface area contributed by atoms with Gasteiger partial charge in [0.05, 0.1) is 5.56 Å². The number of benzene rings is 1. The van der Waals surface area contributed by atoms with E-state index >= 15 is 0 Å². The van der Waals surface area contributed by atoms with Crippen LogP contribution in [0.25, 0.3) is 0 Å². The zero-order valence-corrected chi connectivity index (χ0v) is 10.4. The van der Waals surface area contributed by atoms with Crippen LogP contribution in [0.4, 0.5) is 13.2 Å². The van der Waals surface area contributed by atoms with E-state index in [4.69, 9.17) is 4.42 Å². The van der Waals surface area contributed by atoms with E-state index < -0.39 is 17.5 Å². The van der Waals surface area contributed by atoms with Crippen molar-refractivity contribution in [3.8, 4) is 0 Å². The first-order chi connectivity index (χ1) is 8.38. The molecule has 0 amide bonds. The lowest BCUT2D eigenvalue weighted by atomic mass is 10.1. The molecule has 1 aromatic heterocycles. The summed E-state index contributed by atoms with van der Waals surface area (Å²) in [5.41, 5.74) is -0.925. The summed E-state index contributed by atoms with van der Waals surface area (Å²) in [6.45, 7) is 0. The number of halogens is 4. The van der Waals surface area contributed by atoms with E-state index in [9.17, 15) is 18.0 Å². The van der Waals surface area contributed by atoms with E-state index in [1.54, 1.807) is 0 Å². The molecule has 0 fully saturated rings. The van der Waals surface area contributed by atoms with E-state index in [0.717, 1.165) is 12.1 Å². The highest BCUT2D eigenvalue weighted by molar-refractivity contribution is 9.10. The van der Waals surface area contributed by atoms with Gasteiger partial charge in [-0.3, -0.25) is 4.79 Å². The molecule has 2 aromatic rings. The maximum atomic E-state index is 12.5. The molecule has 0 saturated heterocycles. The van der Waals surface area contributed by atoms with E-state index in [1.807, 2.05) is 0 Å². The minimum absolute atomic E-state index is 0.0128. The SMILES string of the molecule is O=C(c1cccc(C(F)(F)F)c1)c1ccc(Br)o1. The van der Waals surface area contributed by atoms with Gasteiger partial charge in [-0.1, -0.05) is 12.1 Å². The molecule has 0 spiro atoms. The number of rotatable bonds is 2. The number of furan rings is 1. The van der Waals surface area contributed by atoms with Crippen LogP contribution in [0.3, 0.4) is 0 Å². The monoisotopic (exact) mass is 318 g/mol. The summed E-state index contributed by atoms with van der Waals surface area (Å²) in [5.74, 6) is -0.604. The molecule has 2 nitrogen and oxygen atoms in total. The number of carbonyl (C=O) groups excluding carboxylic acids is 1. The van der Waals surface area contributed by atoms with Gasteiger partial charge in [0.25, 0.3) is 0 Å². The maximum Gasteiger partial charge on any atom is 0.416 e. The van der Waals surface area contributed by atoms with Crippen molar-refractivity contribution in [2.24, 2.45) is 0 Å². The fourth-order valence-electron chi connectivity index (χ4n) is 1.42. The average Bonchev–Trinajstić information content (AvgIpc) is 2.74. The fraction of sp³-hybridized carbons (Fsp3) is 0.0833. The summed E-state index contributed by atoms with van der Waals surface area (Å²) in [6, 6.07) is 7.11. The molecule has 1 aromatic carbocycles. The Labute approximate surface area is 109 Å². The fourth-order valence-corrected chi connectivity index (χ4v) is 1.72. The molecule has 1 heterocycles. The van der Waals surface area contributed by atoms with Crippen LogP contribution in [0.15, 0.2) is 45.5 Å². The third-order valence-electron chi connectivity index (χ3n) is 2.25. The van der Waals surface area contributed by atoms with Crippen LogP contribution in [0.2, 0.25) is 0 Å². The molecule has 0 radical (unpaired) electrons. The lowest BCUT2D eigenvalue weighted by molar-refractivity contribution is -0.137. The summed E-state index contributed by atoms with van der Waals surface area (Å²) in [6.07, 6.45) is -4.47. The topological polar surface area (TPSA) is 30.2 Å². The predicted molar refractivity (Wildman–Crippen MR) is 61.3 cm³/mol. The summed E-state index contributed by atoms with van der Waals surface area (Å²) in [7, 11) is 0. The van der Waals surface area contributed by atoms with Crippen LogP contribution in [0.1, 0.15) is 21.7 Å². The largest absolute Gasteiger partial charge is 0.446 e. The molecule has 0 aliphatic heterocycles. The third kappa shape index (κ3) is 2.64. The average molecular weight is 319 g/mol. The minimum Gasteiger partial charge on any atom is -0.446 e. The Hall–Kier alpha value is -1.56. The second kappa shape index (κ2) is 4.61. The van der Waals surface area contributed by atoms with Crippen molar-refractivity contribution in [1.29, 1.82) is 0 Å². The number of carbonyl (C=O) groups is 1. The van der Waals surface area contributed by atoms with Crippen molar-refractivity contribution >= 4 is 21.7 Å². The molecule has 0 aliphatic rings. The lowest BCUT2D eigenvalue weighted by Crippen LogP contribution is -2.07. The smallest absolute Gasteiger partial charge is 0.416 e. The van der Waals surface area contributed by atoms with E-state index in [2.05, 4.69) is 15.9 Å². The maximum absolute atomic E-state index is 12.5. The quantitative estimate of drug-likeness (QED) is 0.773. The molecule has 0 unspecified atom stereocenters. The van der Waals surface area contributed by atoms with Gasteiger partial charge in [0, 0.05) is 5.56 Å². The lowest BCUT2D eigenvalue weighted by Gasteiger charge is -2.07. The molecule has 0 atom stereocenters. The Balaban J connectivity index is 2.37. The van der Waals surface area contributed by atoms with Gasteiger partial charge in [-0.25, -0.2) is 0 Å². The molecular formula is C12H6BrF3O2. The first kappa shape index (κ1) is 12.9. The van der Waals surface area contributed by atoms with Crippen LogP contribution in [0.5, 0.6) is 0 Å². The third-order valence-corrected chi connectivity index (χ3v) is 2.68. The Bertz CT molecular complexity index is 587. The van der Waals surface area contributed by atoms with Crippen LogP contribution in [-0.2, 0) is 6.18 Å². The van der Waals surface area contributed by atoms with Crippen LogP contribution in [0, 0.1) is 0 Å². The zero-order chi connectivity index (χ0) is 13.3. The van der Waals surface area contributed by atoms with Gasteiger partial charge in [-0.05, 0) is 40.2 Å². The molecule has 0 saturated carbocycles. The van der Waals surface area contributed by atoms with Gasteiger partial charge in [-0.2, -0.15) is 13.2 Å². The highest BCUT2D eigenvalue weighted by Crippen LogP contribution is 2.30. The summed E-state index contributed by atoms with van der Waals surface area (Å²) in [5, 5.41) is 0. The normalized spacial score (nSPS) is 11.6. The van der Waals surface area contributed by atoms with Crippen molar-refractivity contribution in [1.82, 2.24) is 0 Å². The molecule has 0 bridgehead atoms. The number of alkyl halides is 3. The Morgan fingerprint density at radius 3 is 2.44 bits per heavy atom. The highest BCUT2D eigenvalue weighted by Gasteiger charge is 2.31. The zero-order valence-electron chi connectivity index (χ0n) is 8.79. The Morgan fingerprint density at radius 1 is 1.17 bits per heavy atom. The van der Waals surface area contributed by atoms with Gasteiger partial charge < -0.3 is 4.42 Å². The number of hydrogen-bond acceptors (Lipinski definition) is 2. The molecule has 0 N–H and O–H groups in total. The second-order valence-corrected chi connectivity index (χ2v) is 4.29. The highest BCUT2D eigenvalue weighted by atomic mass is 79.9. The van der Waals surface area contributed by atoms with Gasteiger partial charge in [0.1, 0.15) is 0 Å². The Kier molecular flexibility index (Phi) is 3.30. The predicted octanol–water partition coefficient (Wildman–Crippen LogP) is 4.29. The van der Waals surface area contributed by atoms with Crippen LogP contribution < -0.4 is 0 Å². The number of hydrogen-bond donors (Lipinski definition) is 0. The minimum atomic E-state index is -4.47. The second-order valence-electron chi connectivity index (χ2n) is 3.51. The van der Waals surface area contributed by atoms with E-state index in [-0.39, 0.29) is 11.3 Å². The summed E-state index contributed by atoms with van der Waals surface area (Å²) < 4.78 is 42.8. The summed E-state index contributed by atoms with van der Waals surface area (Å²) >= 11 is 3.02. The Morgan fingerprint density at radius 2 is 1.89 bits per heavy atom. The van der Waals surface area contributed by atoms with Crippen molar-refractivity contribution in [2.45, 2.75) is 6.18 Å². The molecule has 0 aliphatic carbocycles. The van der Waals surface area contributed by atoms with Crippen molar-refractivity contribution in [2.75, 3.05) is 0 Å². The van der Waals surface area contributed by atoms with E-state index in [0.29, 0.717) is 4.67 Å². The first-order valence-electron chi connectivity index (χ1n) is 4.85. The van der Waals surface area contributed by atoms with Gasteiger partial charge >= 0.3 is 6.18 Å². The van der Waals surface area contributed by atoms with Gasteiger partial charge in [0.15, 0.2) is 10.4 Å². The summed E-state index contributed by atoms with van der Waals surface area (Å²) in [4.78, 5) is 11.9. The molecule has 6 heteroatoms. The first-order valence-corrected chi connectivity index (χ1v) is 5.64. The van der Waals surface area contributed by atoms with Crippen LogP contribution >= 0.6 is 15.9 Å². The molecule has 18 heavy (non-hydrogen) atoms. The van der Waals surface area contributed by atoms with Gasteiger partial charge in [-0.15, -0.1) is 0 Å².